The van der Waals surface area contributed by atoms with Crippen molar-refractivity contribution < 1.29 is 19.7 Å². The Hall–Kier alpha value is -1.15. The first-order chi connectivity index (χ1) is 10.8. The number of ether oxygens (including phenoxy) is 1. The predicted octanol–water partition coefficient (Wildman–Crippen LogP) is 0.370. The highest BCUT2D eigenvalue weighted by Crippen LogP contribution is 2.19. The van der Waals surface area contributed by atoms with Crippen LogP contribution >= 0.6 is 11.6 Å². The van der Waals surface area contributed by atoms with Crippen LogP contribution in [0.5, 0.6) is 0 Å². The number of carbonyl (C=O) groups excluding carboxylic acids is 1. The van der Waals surface area contributed by atoms with Crippen molar-refractivity contribution in [2.45, 2.75) is 39.0 Å². The first-order valence-corrected chi connectivity index (χ1v) is 8.06. The standard InChI is InChI=1S/C15H24ClN3O4/c1-9-14(16)10(2)19(17-9)5-4-13(21)18(3)6-11-7-23-8-12(20)15(11)22/h11-12,15,20,22H,4-8H2,1-3H3/t11-,12-,15+/m1/s1. The van der Waals surface area contributed by atoms with Gasteiger partial charge in [0.25, 0.3) is 0 Å². The van der Waals surface area contributed by atoms with Gasteiger partial charge >= 0.3 is 0 Å². The van der Waals surface area contributed by atoms with Crippen LogP contribution in [-0.2, 0) is 16.1 Å². The van der Waals surface area contributed by atoms with Gasteiger partial charge < -0.3 is 19.8 Å². The van der Waals surface area contributed by atoms with Gasteiger partial charge in [-0.1, -0.05) is 11.6 Å². The summed E-state index contributed by atoms with van der Waals surface area (Å²) in [6, 6.07) is 0. The van der Waals surface area contributed by atoms with Crippen LogP contribution in [0.15, 0.2) is 0 Å². The van der Waals surface area contributed by atoms with E-state index in [1.165, 1.54) is 0 Å². The Bertz CT molecular complexity index is 563. The van der Waals surface area contributed by atoms with Gasteiger partial charge in [-0.25, -0.2) is 0 Å². The second kappa shape index (κ2) is 7.61. The minimum absolute atomic E-state index is 0.0547. The Labute approximate surface area is 140 Å². The fourth-order valence-corrected chi connectivity index (χ4v) is 2.89. The Morgan fingerprint density at radius 2 is 2.13 bits per heavy atom. The molecule has 0 saturated carbocycles. The lowest BCUT2D eigenvalue weighted by molar-refractivity contribution is -0.140. The quantitative estimate of drug-likeness (QED) is 0.805. The summed E-state index contributed by atoms with van der Waals surface area (Å²) in [6.45, 7) is 4.96. The molecule has 7 nitrogen and oxygen atoms in total. The van der Waals surface area contributed by atoms with Gasteiger partial charge in [0, 0.05) is 25.9 Å². The third kappa shape index (κ3) is 4.23. The van der Waals surface area contributed by atoms with Crippen LogP contribution in [0.1, 0.15) is 17.8 Å². The largest absolute Gasteiger partial charge is 0.390 e. The number of amides is 1. The average molecular weight is 346 g/mol. The normalized spacial score (nSPS) is 24.7. The highest BCUT2D eigenvalue weighted by atomic mass is 35.5. The zero-order valence-corrected chi connectivity index (χ0v) is 14.5. The van der Waals surface area contributed by atoms with Crippen molar-refractivity contribution in [1.29, 1.82) is 0 Å². The lowest BCUT2D eigenvalue weighted by Gasteiger charge is -2.34. The van der Waals surface area contributed by atoms with E-state index in [2.05, 4.69) is 5.10 Å². The summed E-state index contributed by atoms with van der Waals surface area (Å²) in [5.41, 5.74) is 1.60. The van der Waals surface area contributed by atoms with Crippen LogP contribution in [-0.4, -0.2) is 69.8 Å². The maximum absolute atomic E-state index is 12.2. The molecule has 1 aromatic heterocycles. The maximum Gasteiger partial charge on any atom is 0.224 e. The van der Waals surface area contributed by atoms with E-state index in [9.17, 15) is 15.0 Å². The second-order valence-corrected chi connectivity index (χ2v) is 6.47. The van der Waals surface area contributed by atoms with Gasteiger partial charge in [0.1, 0.15) is 6.10 Å². The number of hydrogen-bond donors (Lipinski definition) is 2. The van der Waals surface area contributed by atoms with Crippen LogP contribution < -0.4 is 0 Å². The zero-order valence-electron chi connectivity index (χ0n) is 13.7. The highest BCUT2D eigenvalue weighted by molar-refractivity contribution is 6.31. The molecule has 0 aliphatic carbocycles. The number of halogens is 1. The number of aromatic nitrogens is 2. The lowest BCUT2D eigenvalue weighted by Crippen LogP contribution is -2.48. The van der Waals surface area contributed by atoms with E-state index in [0.717, 1.165) is 11.4 Å². The smallest absolute Gasteiger partial charge is 0.224 e. The number of aryl methyl sites for hydroxylation is 2. The Morgan fingerprint density at radius 1 is 1.43 bits per heavy atom. The first kappa shape index (κ1) is 18.2. The average Bonchev–Trinajstić information content (AvgIpc) is 2.76. The van der Waals surface area contributed by atoms with E-state index in [4.69, 9.17) is 16.3 Å². The number of aliphatic hydroxyl groups is 2. The second-order valence-electron chi connectivity index (χ2n) is 6.09. The van der Waals surface area contributed by atoms with Crippen LogP contribution in [0.4, 0.5) is 0 Å². The third-order valence-electron chi connectivity index (χ3n) is 4.26. The molecule has 0 aromatic carbocycles. The van der Waals surface area contributed by atoms with Crippen LogP contribution in [0.2, 0.25) is 5.02 Å². The molecule has 0 bridgehead atoms. The topological polar surface area (TPSA) is 87.8 Å². The van der Waals surface area contributed by atoms with Crippen LogP contribution in [0.3, 0.4) is 0 Å². The highest BCUT2D eigenvalue weighted by Gasteiger charge is 2.32. The number of nitrogens with zero attached hydrogens (tertiary/aromatic N) is 3. The summed E-state index contributed by atoms with van der Waals surface area (Å²) >= 11 is 6.09. The molecule has 1 aliphatic rings. The number of carbonyl (C=O) groups is 1. The summed E-state index contributed by atoms with van der Waals surface area (Å²) in [4.78, 5) is 13.8. The van der Waals surface area contributed by atoms with Crippen molar-refractivity contribution in [3.05, 3.63) is 16.4 Å². The third-order valence-corrected chi connectivity index (χ3v) is 4.81. The molecule has 1 amide bonds. The van der Waals surface area contributed by atoms with Crippen molar-refractivity contribution in [2.24, 2.45) is 5.92 Å². The fraction of sp³-hybridized carbons (Fsp3) is 0.733. The van der Waals surface area contributed by atoms with Gasteiger partial charge in [-0.05, 0) is 13.8 Å². The van der Waals surface area contributed by atoms with E-state index < -0.39 is 12.2 Å². The predicted molar refractivity (Wildman–Crippen MR) is 85.3 cm³/mol. The van der Waals surface area contributed by atoms with E-state index >= 15 is 0 Å². The van der Waals surface area contributed by atoms with Crippen molar-refractivity contribution >= 4 is 17.5 Å². The minimum atomic E-state index is -0.894. The summed E-state index contributed by atoms with van der Waals surface area (Å²) < 4.78 is 6.96. The molecule has 1 aliphatic heterocycles. The molecule has 2 rings (SSSR count). The molecule has 0 spiro atoms. The molecular weight excluding hydrogens is 322 g/mol. The monoisotopic (exact) mass is 345 g/mol. The van der Waals surface area contributed by atoms with Gasteiger partial charge in [-0.15, -0.1) is 0 Å². The minimum Gasteiger partial charge on any atom is -0.390 e. The molecule has 0 unspecified atom stereocenters. The summed E-state index contributed by atoms with van der Waals surface area (Å²) in [6.07, 6.45) is -1.47. The van der Waals surface area contributed by atoms with Crippen molar-refractivity contribution in [1.82, 2.24) is 14.7 Å². The molecule has 3 atom stereocenters. The summed E-state index contributed by atoms with van der Waals surface area (Å²) in [5.74, 6) is -0.336. The molecule has 23 heavy (non-hydrogen) atoms. The van der Waals surface area contributed by atoms with E-state index in [-0.39, 0.29) is 18.4 Å². The Morgan fingerprint density at radius 3 is 2.74 bits per heavy atom. The lowest BCUT2D eigenvalue weighted by atomic mass is 9.96. The molecule has 130 valence electrons. The maximum atomic E-state index is 12.2. The summed E-state index contributed by atoms with van der Waals surface area (Å²) in [5, 5.41) is 24.5. The molecular formula is C15H24ClN3O4. The van der Waals surface area contributed by atoms with Gasteiger partial charge in [-0.2, -0.15) is 5.10 Å². The number of hydrogen-bond acceptors (Lipinski definition) is 5. The van der Waals surface area contributed by atoms with Crippen molar-refractivity contribution in [3.63, 3.8) is 0 Å². The molecule has 8 heteroatoms. The van der Waals surface area contributed by atoms with Crippen molar-refractivity contribution in [2.75, 3.05) is 26.8 Å². The Balaban J connectivity index is 1.86. The van der Waals surface area contributed by atoms with Crippen LogP contribution in [0, 0.1) is 19.8 Å². The molecule has 0 radical (unpaired) electrons. The molecule has 1 aromatic rings. The molecule has 1 fully saturated rings. The van der Waals surface area contributed by atoms with Gasteiger partial charge in [-0.3, -0.25) is 9.48 Å². The fourth-order valence-electron chi connectivity index (χ4n) is 2.75. The van der Waals surface area contributed by atoms with Gasteiger partial charge in [0.05, 0.1) is 42.3 Å². The first-order valence-electron chi connectivity index (χ1n) is 7.68. The molecule has 1 saturated heterocycles. The number of aliphatic hydroxyl groups excluding tert-OH is 2. The number of rotatable bonds is 5. The van der Waals surface area contributed by atoms with E-state index in [1.54, 1.807) is 16.6 Å². The molecule has 2 N–H and O–H groups in total. The van der Waals surface area contributed by atoms with Gasteiger partial charge in [0.2, 0.25) is 5.91 Å². The summed E-state index contributed by atoms with van der Waals surface area (Å²) in [7, 11) is 1.68. The zero-order chi connectivity index (χ0) is 17.1. The van der Waals surface area contributed by atoms with E-state index in [1.807, 2.05) is 13.8 Å². The SMILES string of the molecule is Cc1nn(CCC(=O)N(C)C[C@@H]2COC[C@@H](O)[C@H]2O)c(C)c1Cl. The van der Waals surface area contributed by atoms with Gasteiger partial charge in [0.15, 0.2) is 0 Å². The van der Waals surface area contributed by atoms with Crippen LogP contribution in [0.25, 0.3) is 0 Å². The molecule has 2 heterocycles. The van der Waals surface area contributed by atoms with Crippen molar-refractivity contribution in [3.8, 4) is 0 Å². The Kier molecular flexibility index (Phi) is 6.02. The van der Waals surface area contributed by atoms with E-state index in [0.29, 0.717) is 31.1 Å².